The molecule has 0 radical (unpaired) electrons. The Morgan fingerprint density at radius 2 is 1.82 bits per heavy atom. The van der Waals surface area contributed by atoms with Crippen LogP contribution in [0.25, 0.3) is 5.69 Å². The van der Waals surface area contributed by atoms with Gasteiger partial charge in [-0.2, -0.15) is 0 Å². The first-order valence-electron chi connectivity index (χ1n) is 10.1. The third-order valence-corrected chi connectivity index (χ3v) is 5.76. The highest BCUT2D eigenvalue weighted by Crippen LogP contribution is 2.32. The molecule has 0 bridgehead atoms. The molecule has 7 heteroatoms. The number of benzene rings is 1. The van der Waals surface area contributed by atoms with Gasteiger partial charge in [-0.3, -0.25) is 14.2 Å². The van der Waals surface area contributed by atoms with E-state index in [4.69, 9.17) is 0 Å². The van der Waals surface area contributed by atoms with E-state index in [2.05, 4.69) is 24.0 Å². The summed E-state index contributed by atoms with van der Waals surface area (Å²) in [5.74, 6) is 1.13. The van der Waals surface area contributed by atoms with Crippen LogP contribution in [0.2, 0.25) is 0 Å². The predicted octanol–water partition coefficient (Wildman–Crippen LogP) is 2.38. The molecule has 148 valence electrons. The molecular weight excluding hydrogens is 354 g/mol. The average Bonchev–Trinajstić information content (AvgIpc) is 3.39. The maximum Gasteiger partial charge on any atom is 0.253 e. The zero-order valence-corrected chi connectivity index (χ0v) is 16.5. The number of amides is 2. The van der Waals surface area contributed by atoms with Crippen molar-refractivity contribution in [2.24, 2.45) is 11.8 Å². The van der Waals surface area contributed by atoms with E-state index < -0.39 is 0 Å². The number of rotatable bonds is 5. The van der Waals surface area contributed by atoms with Crippen LogP contribution in [-0.2, 0) is 4.79 Å². The molecule has 0 spiro atoms. The van der Waals surface area contributed by atoms with Gasteiger partial charge in [0.15, 0.2) is 0 Å². The summed E-state index contributed by atoms with van der Waals surface area (Å²) in [4.78, 5) is 29.8. The molecule has 2 heterocycles. The van der Waals surface area contributed by atoms with E-state index in [0.29, 0.717) is 36.9 Å². The molecule has 0 unspecified atom stereocenters. The smallest absolute Gasteiger partial charge is 0.253 e. The molecule has 1 aromatic carbocycles. The monoisotopic (exact) mass is 381 g/mol. The van der Waals surface area contributed by atoms with Gasteiger partial charge < -0.3 is 9.80 Å². The quantitative estimate of drug-likeness (QED) is 0.797. The first-order chi connectivity index (χ1) is 13.5. The Labute approximate surface area is 165 Å². The topological polar surface area (TPSA) is 71.3 Å². The van der Waals surface area contributed by atoms with Crippen molar-refractivity contribution in [3.8, 4) is 5.69 Å². The van der Waals surface area contributed by atoms with Crippen LogP contribution in [0.15, 0.2) is 36.9 Å². The summed E-state index contributed by atoms with van der Waals surface area (Å²) in [6.07, 6.45) is 6.09. The molecule has 7 nitrogen and oxygen atoms in total. The third-order valence-electron chi connectivity index (χ3n) is 5.76. The molecule has 1 aliphatic heterocycles. The lowest BCUT2D eigenvalue weighted by Crippen LogP contribution is -2.48. The molecule has 1 aliphatic carbocycles. The molecule has 28 heavy (non-hydrogen) atoms. The van der Waals surface area contributed by atoms with Crippen LogP contribution in [-0.4, -0.2) is 62.1 Å². The van der Waals surface area contributed by atoms with Gasteiger partial charge in [-0.1, -0.05) is 13.8 Å². The Balaban J connectivity index is 1.51. The average molecular weight is 381 g/mol. The number of nitrogens with zero attached hydrogens (tertiary/aromatic N) is 5. The zero-order valence-electron chi connectivity index (χ0n) is 16.5. The minimum absolute atomic E-state index is 0.0120. The van der Waals surface area contributed by atoms with Gasteiger partial charge in [0.05, 0.1) is 6.04 Å². The fourth-order valence-corrected chi connectivity index (χ4v) is 3.84. The standard InChI is InChI=1S/C21H27N5O2/c1-15(2)19-12-24(10-9-20(27)26(19)11-16-3-4-16)21(28)17-5-7-18(8-6-17)25-13-22-23-14-25/h5-8,13-16,19H,3-4,9-12H2,1-2H3/t19-/m1/s1. The Bertz CT molecular complexity index is 827. The van der Waals surface area contributed by atoms with Crippen molar-refractivity contribution in [2.75, 3.05) is 19.6 Å². The fourth-order valence-electron chi connectivity index (χ4n) is 3.84. The van der Waals surface area contributed by atoms with Crippen molar-refractivity contribution in [3.63, 3.8) is 0 Å². The SMILES string of the molecule is CC(C)[C@H]1CN(C(=O)c2ccc(-n3cnnc3)cc2)CCC(=O)N1CC1CC1. The summed E-state index contributed by atoms with van der Waals surface area (Å²) < 4.78 is 1.80. The van der Waals surface area contributed by atoms with Crippen molar-refractivity contribution in [3.05, 3.63) is 42.5 Å². The van der Waals surface area contributed by atoms with Crippen LogP contribution >= 0.6 is 0 Å². The normalized spacial score (nSPS) is 20.5. The maximum absolute atomic E-state index is 13.1. The second-order valence-electron chi connectivity index (χ2n) is 8.22. The molecule has 2 amide bonds. The number of aromatic nitrogens is 3. The Kier molecular flexibility index (Phi) is 5.15. The number of hydrogen-bond donors (Lipinski definition) is 0. The Morgan fingerprint density at radius 3 is 2.43 bits per heavy atom. The first kappa shape index (κ1) is 18.7. The highest BCUT2D eigenvalue weighted by Gasteiger charge is 2.36. The number of carbonyl (C=O) groups is 2. The summed E-state index contributed by atoms with van der Waals surface area (Å²) in [7, 11) is 0. The van der Waals surface area contributed by atoms with Crippen molar-refractivity contribution in [1.29, 1.82) is 0 Å². The number of carbonyl (C=O) groups excluding carboxylic acids is 2. The lowest BCUT2D eigenvalue weighted by atomic mass is 10.0. The molecule has 4 rings (SSSR count). The van der Waals surface area contributed by atoms with Gasteiger partial charge in [0.1, 0.15) is 12.7 Å². The summed E-state index contributed by atoms with van der Waals surface area (Å²) in [5.41, 5.74) is 1.55. The lowest BCUT2D eigenvalue weighted by Gasteiger charge is -2.34. The van der Waals surface area contributed by atoms with Gasteiger partial charge in [-0.15, -0.1) is 10.2 Å². The minimum atomic E-state index is -0.0120. The molecule has 2 aromatic rings. The van der Waals surface area contributed by atoms with Crippen LogP contribution in [0, 0.1) is 11.8 Å². The largest absolute Gasteiger partial charge is 0.337 e. The molecule has 1 saturated carbocycles. The van der Waals surface area contributed by atoms with Gasteiger partial charge in [-0.25, -0.2) is 0 Å². The van der Waals surface area contributed by atoms with E-state index in [1.54, 1.807) is 17.2 Å². The van der Waals surface area contributed by atoms with Gasteiger partial charge in [0, 0.05) is 37.3 Å². The van der Waals surface area contributed by atoms with Crippen LogP contribution in [0.4, 0.5) is 0 Å². The van der Waals surface area contributed by atoms with E-state index >= 15 is 0 Å². The summed E-state index contributed by atoms with van der Waals surface area (Å²) in [6.45, 7) is 6.20. The van der Waals surface area contributed by atoms with Crippen molar-refractivity contribution >= 4 is 11.8 Å². The molecular formula is C21H27N5O2. The molecule has 2 fully saturated rings. The zero-order chi connectivity index (χ0) is 19.7. The highest BCUT2D eigenvalue weighted by molar-refractivity contribution is 5.95. The van der Waals surface area contributed by atoms with Crippen LogP contribution in [0.5, 0.6) is 0 Å². The summed E-state index contributed by atoms with van der Waals surface area (Å²) in [5, 5.41) is 7.61. The van der Waals surface area contributed by atoms with Crippen LogP contribution < -0.4 is 0 Å². The second kappa shape index (κ2) is 7.73. The van der Waals surface area contributed by atoms with E-state index in [1.165, 1.54) is 12.8 Å². The fraction of sp³-hybridized carbons (Fsp3) is 0.524. The lowest BCUT2D eigenvalue weighted by molar-refractivity contribution is -0.133. The first-order valence-corrected chi connectivity index (χ1v) is 10.1. The molecule has 1 atom stereocenters. The van der Waals surface area contributed by atoms with Crippen LogP contribution in [0.3, 0.4) is 0 Å². The second-order valence-corrected chi connectivity index (χ2v) is 8.22. The maximum atomic E-state index is 13.1. The number of hydrogen-bond acceptors (Lipinski definition) is 4. The van der Waals surface area contributed by atoms with Crippen molar-refractivity contribution in [1.82, 2.24) is 24.6 Å². The van der Waals surface area contributed by atoms with Gasteiger partial charge in [-0.05, 0) is 48.9 Å². The highest BCUT2D eigenvalue weighted by atomic mass is 16.2. The Hall–Kier alpha value is -2.70. The molecule has 0 N–H and O–H groups in total. The van der Waals surface area contributed by atoms with Gasteiger partial charge >= 0.3 is 0 Å². The molecule has 1 aromatic heterocycles. The van der Waals surface area contributed by atoms with Crippen molar-refractivity contribution < 1.29 is 9.59 Å². The van der Waals surface area contributed by atoms with Crippen LogP contribution in [0.1, 0.15) is 43.5 Å². The summed E-state index contributed by atoms with van der Waals surface area (Å²) >= 11 is 0. The third kappa shape index (κ3) is 3.93. The van der Waals surface area contributed by atoms with E-state index in [-0.39, 0.29) is 17.9 Å². The minimum Gasteiger partial charge on any atom is -0.337 e. The van der Waals surface area contributed by atoms with E-state index in [9.17, 15) is 9.59 Å². The van der Waals surface area contributed by atoms with Gasteiger partial charge in [0.25, 0.3) is 5.91 Å². The molecule has 1 saturated heterocycles. The van der Waals surface area contributed by atoms with E-state index in [1.807, 2.05) is 34.1 Å². The Morgan fingerprint density at radius 1 is 1.14 bits per heavy atom. The van der Waals surface area contributed by atoms with Gasteiger partial charge in [0.2, 0.25) is 5.91 Å². The van der Waals surface area contributed by atoms with E-state index in [0.717, 1.165) is 12.2 Å². The molecule has 2 aliphatic rings. The van der Waals surface area contributed by atoms with Crippen molar-refractivity contribution in [2.45, 2.75) is 39.2 Å². The summed E-state index contributed by atoms with van der Waals surface area (Å²) in [6, 6.07) is 7.52. The predicted molar refractivity (Wildman–Crippen MR) is 105 cm³/mol.